The summed E-state index contributed by atoms with van der Waals surface area (Å²) in [4.78, 5) is 5.72. The number of rotatable bonds is 3. The average Bonchev–Trinajstić information content (AvgIpc) is 2.79. The number of thiazole rings is 1. The molecule has 0 spiro atoms. The van der Waals surface area contributed by atoms with Crippen LogP contribution in [0.3, 0.4) is 0 Å². The number of hydrogen-bond donors (Lipinski definition) is 1. The third-order valence-electron chi connectivity index (χ3n) is 2.83. The van der Waals surface area contributed by atoms with E-state index in [0.29, 0.717) is 0 Å². The minimum Gasteiger partial charge on any atom is -0.380 e. The van der Waals surface area contributed by atoms with E-state index in [2.05, 4.69) is 31.1 Å². The molecule has 2 nitrogen and oxygen atoms in total. The van der Waals surface area contributed by atoms with Gasteiger partial charge < -0.3 is 5.32 Å². The molecule has 0 saturated carbocycles. The lowest BCUT2D eigenvalue weighted by Gasteiger charge is -2.13. The molecule has 1 N–H and O–H groups in total. The van der Waals surface area contributed by atoms with Crippen LogP contribution in [0.15, 0.2) is 24.4 Å². The Hall–Kier alpha value is -1.06. The van der Waals surface area contributed by atoms with E-state index in [9.17, 15) is 0 Å². The molecule has 0 aliphatic heterocycles. The highest BCUT2D eigenvalue weighted by molar-refractivity contribution is 7.11. The minimum atomic E-state index is 0.121. The molecule has 1 heterocycles. The highest BCUT2D eigenvalue weighted by Gasteiger charge is 2.17. The van der Waals surface area contributed by atoms with Crippen LogP contribution < -0.4 is 5.32 Å². The number of nitrogens with zero attached hydrogens (tertiary/aromatic N) is 1. The van der Waals surface area contributed by atoms with Crippen LogP contribution in [-0.4, -0.2) is 4.98 Å². The summed E-state index contributed by atoms with van der Waals surface area (Å²) >= 11 is 7.87. The van der Waals surface area contributed by atoms with Gasteiger partial charge >= 0.3 is 0 Å². The van der Waals surface area contributed by atoms with Crippen molar-refractivity contribution in [2.75, 3.05) is 5.32 Å². The number of halogens is 1. The van der Waals surface area contributed by atoms with Crippen molar-refractivity contribution in [2.45, 2.75) is 39.7 Å². The number of hydrogen-bond acceptors (Lipinski definition) is 3. The van der Waals surface area contributed by atoms with E-state index in [-0.39, 0.29) is 5.41 Å². The Balaban J connectivity index is 2.02. The molecular formula is C15H19ClN2S. The van der Waals surface area contributed by atoms with Crippen molar-refractivity contribution >= 4 is 28.6 Å². The monoisotopic (exact) mass is 294 g/mol. The number of nitrogens with one attached hydrogen (secondary N) is 1. The first kappa shape index (κ1) is 14.4. The second-order valence-corrected chi connectivity index (χ2v) is 7.22. The van der Waals surface area contributed by atoms with Crippen molar-refractivity contribution in [3.8, 4) is 0 Å². The number of aromatic nitrogens is 1. The SMILES string of the molecule is Cc1ccc(NCc2cnc(C(C)(C)C)s2)cc1Cl. The van der Waals surface area contributed by atoms with Gasteiger partial charge in [0.25, 0.3) is 0 Å². The molecule has 2 aromatic rings. The van der Waals surface area contributed by atoms with E-state index >= 15 is 0 Å². The Morgan fingerprint density at radius 1 is 1.32 bits per heavy atom. The predicted octanol–water partition coefficient (Wildman–Crippen LogP) is 5.01. The minimum absolute atomic E-state index is 0.121. The Morgan fingerprint density at radius 2 is 2.05 bits per heavy atom. The molecule has 2 rings (SSSR count). The molecule has 0 aliphatic carbocycles. The van der Waals surface area contributed by atoms with Gasteiger partial charge in [0.2, 0.25) is 0 Å². The van der Waals surface area contributed by atoms with Crippen LogP contribution in [0.4, 0.5) is 5.69 Å². The summed E-state index contributed by atoms with van der Waals surface area (Å²) in [6.07, 6.45) is 1.95. The summed E-state index contributed by atoms with van der Waals surface area (Å²) in [6, 6.07) is 6.04. The summed E-state index contributed by atoms with van der Waals surface area (Å²) in [5.74, 6) is 0. The van der Waals surface area contributed by atoms with E-state index in [1.165, 1.54) is 9.88 Å². The van der Waals surface area contributed by atoms with Crippen molar-refractivity contribution in [2.24, 2.45) is 0 Å². The molecule has 0 atom stereocenters. The zero-order valence-electron chi connectivity index (χ0n) is 11.7. The maximum absolute atomic E-state index is 6.11. The van der Waals surface area contributed by atoms with Crippen molar-refractivity contribution < 1.29 is 0 Å². The van der Waals surface area contributed by atoms with Gasteiger partial charge in [-0.05, 0) is 24.6 Å². The van der Waals surface area contributed by atoms with Crippen LogP contribution in [-0.2, 0) is 12.0 Å². The lowest BCUT2D eigenvalue weighted by molar-refractivity contribution is 0.585. The van der Waals surface area contributed by atoms with E-state index < -0.39 is 0 Å². The standard InChI is InChI=1S/C15H19ClN2S/c1-10-5-6-11(7-13(10)16)17-8-12-9-18-14(19-12)15(2,3)4/h5-7,9,17H,8H2,1-4H3. The summed E-state index contributed by atoms with van der Waals surface area (Å²) in [5, 5.41) is 5.35. The lowest BCUT2D eigenvalue weighted by atomic mass is 9.98. The van der Waals surface area contributed by atoms with Gasteiger partial charge in [-0.15, -0.1) is 11.3 Å². The van der Waals surface area contributed by atoms with E-state index in [4.69, 9.17) is 11.6 Å². The molecular weight excluding hydrogens is 276 g/mol. The molecule has 0 amide bonds. The zero-order chi connectivity index (χ0) is 14.0. The largest absolute Gasteiger partial charge is 0.380 e. The molecule has 0 fully saturated rings. The molecule has 1 aromatic carbocycles. The molecule has 1 aromatic heterocycles. The van der Waals surface area contributed by atoms with Crippen molar-refractivity contribution in [3.63, 3.8) is 0 Å². The average molecular weight is 295 g/mol. The fourth-order valence-electron chi connectivity index (χ4n) is 1.63. The molecule has 102 valence electrons. The fraction of sp³-hybridized carbons (Fsp3) is 0.400. The molecule has 4 heteroatoms. The van der Waals surface area contributed by atoms with Crippen molar-refractivity contribution in [3.05, 3.63) is 44.9 Å². The van der Waals surface area contributed by atoms with Crippen LogP contribution in [0.25, 0.3) is 0 Å². The fourth-order valence-corrected chi connectivity index (χ4v) is 2.72. The predicted molar refractivity (Wildman–Crippen MR) is 84.3 cm³/mol. The smallest absolute Gasteiger partial charge is 0.0981 e. The van der Waals surface area contributed by atoms with Crippen LogP contribution in [0.5, 0.6) is 0 Å². The number of aryl methyl sites for hydroxylation is 1. The second-order valence-electron chi connectivity index (χ2n) is 5.70. The van der Waals surface area contributed by atoms with Gasteiger partial charge in [0.05, 0.1) is 11.6 Å². The first-order valence-electron chi connectivity index (χ1n) is 6.31. The Morgan fingerprint density at radius 3 is 2.63 bits per heavy atom. The number of anilines is 1. The summed E-state index contributed by atoms with van der Waals surface area (Å²) in [7, 11) is 0. The molecule has 0 unspecified atom stereocenters. The normalized spacial score (nSPS) is 11.6. The molecule has 19 heavy (non-hydrogen) atoms. The van der Waals surface area contributed by atoms with Gasteiger partial charge in [-0.1, -0.05) is 38.4 Å². The van der Waals surface area contributed by atoms with Gasteiger partial charge in [-0.3, -0.25) is 0 Å². The van der Waals surface area contributed by atoms with Gasteiger partial charge in [0.15, 0.2) is 0 Å². The van der Waals surface area contributed by atoms with Crippen LogP contribution in [0, 0.1) is 6.92 Å². The van der Waals surface area contributed by atoms with E-state index in [0.717, 1.165) is 22.8 Å². The maximum atomic E-state index is 6.11. The van der Waals surface area contributed by atoms with Gasteiger partial charge in [0, 0.05) is 27.2 Å². The number of benzene rings is 1. The first-order valence-corrected chi connectivity index (χ1v) is 7.51. The maximum Gasteiger partial charge on any atom is 0.0981 e. The molecule has 0 saturated heterocycles. The highest BCUT2D eigenvalue weighted by Crippen LogP contribution is 2.27. The Bertz CT molecular complexity index is 570. The van der Waals surface area contributed by atoms with Gasteiger partial charge in [-0.2, -0.15) is 0 Å². The summed E-state index contributed by atoms with van der Waals surface area (Å²) in [6.45, 7) is 9.34. The highest BCUT2D eigenvalue weighted by atomic mass is 35.5. The molecule has 0 bridgehead atoms. The van der Waals surface area contributed by atoms with E-state index in [1.54, 1.807) is 11.3 Å². The molecule has 0 radical (unpaired) electrons. The zero-order valence-corrected chi connectivity index (χ0v) is 13.3. The Labute approximate surface area is 123 Å². The first-order chi connectivity index (χ1) is 8.86. The second kappa shape index (κ2) is 5.51. The van der Waals surface area contributed by atoms with Crippen LogP contribution >= 0.6 is 22.9 Å². The molecule has 0 aliphatic rings. The third kappa shape index (κ3) is 3.71. The van der Waals surface area contributed by atoms with Gasteiger partial charge in [-0.25, -0.2) is 4.98 Å². The summed E-state index contributed by atoms with van der Waals surface area (Å²) in [5.41, 5.74) is 2.26. The lowest BCUT2D eigenvalue weighted by Crippen LogP contribution is -2.09. The van der Waals surface area contributed by atoms with Gasteiger partial charge in [0.1, 0.15) is 0 Å². The topological polar surface area (TPSA) is 24.9 Å². The van der Waals surface area contributed by atoms with E-state index in [1.807, 2.05) is 31.3 Å². The summed E-state index contributed by atoms with van der Waals surface area (Å²) < 4.78 is 0. The van der Waals surface area contributed by atoms with Crippen LogP contribution in [0.2, 0.25) is 5.02 Å². The Kier molecular flexibility index (Phi) is 4.16. The van der Waals surface area contributed by atoms with Crippen LogP contribution in [0.1, 0.15) is 36.2 Å². The van der Waals surface area contributed by atoms with Crippen molar-refractivity contribution in [1.29, 1.82) is 0 Å². The van der Waals surface area contributed by atoms with Crippen molar-refractivity contribution in [1.82, 2.24) is 4.98 Å². The quantitative estimate of drug-likeness (QED) is 0.860. The third-order valence-corrected chi connectivity index (χ3v) is 4.66.